The van der Waals surface area contributed by atoms with Crippen molar-refractivity contribution in [3.8, 4) is 0 Å². The van der Waals surface area contributed by atoms with Crippen LogP contribution in [0.1, 0.15) is 0 Å². The minimum Gasteiger partial charge on any atom is -1.00 e. The maximum absolute atomic E-state index is 13.4. The summed E-state index contributed by atoms with van der Waals surface area (Å²) in [7, 11) is -0.369. The van der Waals surface area contributed by atoms with Crippen LogP contribution < -0.4 is 15.6 Å². The van der Waals surface area contributed by atoms with Crippen molar-refractivity contribution < 1.29 is 48.6 Å². The van der Waals surface area contributed by atoms with E-state index in [1.54, 1.807) is 0 Å². The van der Waals surface area contributed by atoms with Gasteiger partial charge < -0.3 is 4.70 Å². The fraction of sp³-hybridized carbons (Fsp3) is 0. The Kier molecular flexibility index (Phi) is 5.52. The molecule has 12 heteroatoms. The Morgan fingerprint density at radius 3 is 0.708 bits per heavy atom. The second-order valence-corrected chi connectivity index (χ2v) is 4.11. The van der Waals surface area contributed by atoms with Gasteiger partial charge in [-0.15, -0.1) is 0 Å². The Bertz CT molecular complexity index is 692. The molecule has 128 valence electrons. The largest absolute Gasteiger partial charge is 1.00 e. The molecular formula is C12BF11. The van der Waals surface area contributed by atoms with E-state index in [-0.39, 0.29) is 12.0 Å². The Morgan fingerprint density at radius 2 is 0.500 bits per heavy atom. The van der Waals surface area contributed by atoms with Crippen LogP contribution in [0, 0.1) is 58.2 Å². The van der Waals surface area contributed by atoms with Crippen molar-refractivity contribution in [3.05, 3.63) is 58.2 Å². The molecule has 0 amide bonds. The summed E-state index contributed by atoms with van der Waals surface area (Å²) in [6.07, 6.45) is 0. The zero-order chi connectivity index (χ0) is 17.6. The molecule has 0 spiro atoms. The molecule has 0 aliphatic heterocycles. The molecule has 0 saturated carbocycles. The minimum atomic E-state index is -2.55. The van der Waals surface area contributed by atoms with E-state index >= 15 is 0 Å². The van der Waals surface area contributed by atoms with Gasteiger partial charge in [0.15, 0.2) is 0 Å². The van der Waals surface area contributed by atoms with Crippen LogP contribution in [-0.2, 0) is 0 Å². The normalized spacial score (nSPS) is 10.4. The van der Waals surface area contributed by atoms with Crippen molar-refractivity contribution in [2.24, 2.45) is 0 Å². The predicted octanol–water partition coefficient (Wildman–Crippen LogP) is -0.263. The van der Waals surface area contributed by atoms with E-state index in [0.29, 0.717) is 0 Å². The van der Waals surface area contributed by atoms with Gasteiger partial charge in [-0.05, 0) is 0 Å². The van der Waals surface area contributed by atoms with Gasteiger partial charge in [0, 0.05) is 0 Å². The van der Waals surface area contributed by atoms with Gasteiger partial charge in [0.1, 0.15) is 0 Å². The van der Waals surface area contributed by atoms with Gasteiger partial charge in [0.25, 0.3) is 0 Å². The SMILES string of the molecule is Fc1c(F)c(F)c([B+]c2c(F)c(F)c(F)c(F)c2F)c(F)c1F.[F-]. The molecule has 0 nitrogen and oxygen atoms in total. The summed E-state index contributed by atoms with van der Waals surface area (Å²) in [4.78, 5) is 0. The van der Waals surface area contributed by atoms with Crippen molar-refractivity contribution in [2.75, 3.05) is 0 Å². The Labute approximate surface area is 126 Å². The molecule has 24 heavy (non-hydrogen) atoms. The molecular weight excluding hydrogens is 364 g/mol. The van der Waals surface area contributed by atoms with E-state index in [9.17, 15) is 43.9 Å². The number of benzene rings is 2. The van der Waals surface area contributed by atoms with E-state index < -0.39 is 69.1 Å². The fourth-order valence-corrected chi connectivity index (χ4v) is 1.64. The maximum Gasteiger partial charge on any atom is -1.00 e. The molecule has 0 aromatic heterocycles. The van der Waals surface area contributed by atoms with Gasteiger partial charge in [-0.1, -0.05) is 0 Å². The van der Waals surface area contributed by atoms with Gasteiger partial charge in [0.2, 0.25) is 0 Å². The molecule has 0 fully saturated rings. The third-order valence-electron chi connectivity index (χ3n) is 2.78. The first-order valence-electron chi connectivity index (χ1n) is 5.47. The van der Waals surface area contributed by atoms with Gasteiger partial charge in [-0.3, -0.25) is 0 Å². The summed E-state index contributed by atoms with van der Waals surface area (Å²) in [5.74, 6) is -24.9. The Balaban J connectivity index is 0.00000288. The van der Waals surface area contributed by atoms with Gasteiger partial charge in [0.05, 0.1) is 0 Å². The standard InChI is InChI=1S/C12BF10.FH/c14-3-1(4(15)8(19)11(22)7(3)18)13-2-5(16)9(20)12(23)10(21)6(2)17;/h;1H/q+1;/p-1. The van der Waals surface area contributed by atoms with Crippen molar-refractivity contribution in [1.29, 1.82) is 0 Å². The molecule has 0 N–H and O–H groups in total. The van der Waals surface area contributed by atoms with Crippen LogP contribution in [0.2, 0.25) is 0 Å². The number of hydrogen-bond donors (Lipinski definition) is 0. The molecule has 0 atom stereocenters. The second kappa shape index (κ2) is 6.69. The van der Waals surface area contributed by atoms with Crippen molar-refractivity contribution >= 4 is 18.2 Å². The topological polar surface area (TPSA) is 0 Å². The zero-order valence-electron chi connectivity index (χ0n) is 10.7. The molecule has 0 radical (unpaired) electrons. The second-order valence-electron chi connectivity index (χ2n) is 4.11. The minimum absolute atomic E-state index is 0. The Morgan fingerprint density at radius 1 is 0.333 bits per heavy atom. The van der Waals surface area contributed by atoms with Crippen molar-refractivity contribution in [2.45, 2.75) is 0 Å². The molecule has 2 rings (SSSR count). The van der Waals surface area contributed by atoms with E-state index in [2.05, 4.69) is 0 Å². The van der Waals surface area contributed by atoms with Crippen molar-refractivity contribution in [3.63, 3.8) is 0 Å². The zero-order valence-corrected chi connectivity index (χ0v) is 10.7. The van der Waals surface area contributed by atoms with Crippen LogP contribution in [-0.4, -0.2) is 7.28 Å². The third-order valence-corrected chi connectivity index (χ3v) is 2.78. The average Bonchev–Trinajstić information content (AvgIpc) is 2.54. The maximum atomic E-state index is 13.4. The molecule has 0 aliphatic carbocycles. The monoisotopic (exact) mass is 364 g/mol. The predicted molar refractivity (Wildman–Crippen MR) is 57.5 cm³/mol. The van der Waals surface area contributed by atoms with Gasteiger partial charge in [-0.25, -0.2) is 0 Å². The molecule has 0 unspecified atom stereocenters. The molecule has 2 aromatic rings. The quantitative estimate of drug-likeness (QED) is 0.298. The molecule has 0 aliphatic rings. The summed E-state index contributed by atoms with van der Waals surface area (Å²) in [6.45, 7) is 0. The first-order chi connectivity index (χ1) is 10.6. The van der Waals surface area contributed by atoms with Gasteiger partial charge in [-0.2, -0.15) is 0 Å². The van der Waals surface area contributed by atoms with Crippen LogP contribution >= 0.6 is 0 Å². The van der Waals surface area contributed by atoms with Crippen molar-refractivity contribution in [1.82, 2.24) is 0 Å². The van der Waals surface area contributed by atoms with Crippen LogP contribution in [0.3, 0.4) is 0 Å². The number of halogens is 11. The van der Waals surface area contributed by atoms with E-state index in [0.717, 1.165) is 0 Å². The van der Waals surface area contributed by atoms with Gasteiger partial charge >= 0.3 is 120 Å². The summed E-state index contributed by atoms with van der Waals surface area (Å²) in [6, 6.07) is 0. The Hall–Kier alpha value is -2.27. The van der Waals surface area contributed by atoms with E-state index in [1.165, 1.54) is 0 Å². The van der Waals surface area contributed by atoms with Crippen LogP contribution in [0.25, 0.3) is 0 Å². The summed E-state index contributed by atoms with van der Waals surface area (Å²) >= 11 is 0. The smallest absolute Gasteiger partial charge is 1.00 e. The van der Waals surface area contributed by atoms with Crippen LogP contribution in [0.15, 0.2) is 0 Å². The summed E-state index contributed by atoms with van der Waals surface area (Å²) < 4.78 is 131. The number of rotatable bonds is 2. The first kappa shape index (κ1) is 19.8. The number of hydrogen-bond acceptors (Lipinski definition) is 0. The molecule has 0 heterocycles. The van der Waals surface area contributed by atoms with Crippen LogP contribution in [0.4, 0.5) is 43.9 Å². The van der Waals surface area contributed by atoms with E-state index in [1.807, 2.05) is 0 Å². The third kappa shape index (κ3) is 2.80. The van der Waals surface area contributed by atoms with E-state index in [4.69, 9.17) is 0 Å². The summed E-state index contributed by atoms with van der Waals surface area (Å²) in [5.41, 5.74) is -3.71. The average molecular weight is 364 g/mol. The molecule has 2 aromatic carbocycles. The molecule has 0 bridgehead atoms. The summed E-state index contributed by atoms with van der Waals surface area (Å²) in [5, 5.41) is 0. The first-order valence-corrected chi connectivity index (χ1v) is 5.47. The van der Waals surface area contributed by atoms with Crippen LogP contribution in [0.5, 0.6) is 0 Å². The fourth-order valence-electron chi connectivity index (χ4n) is 1.64. The molecule has 0 saturated heterocycles.